The van der Waals surface area contributed by atoms with Crippen LogP contribution in [0.2, 0.25) is 5.02 Å². The average Bonchev–Trinajstić information content (AvgIpc) is 2.70. The van der Waals surface area contributed by atoms with E-state index in [-0.39, 0.29) is 33.9 Å². The van der Waals surface area contributed by atoms with Crippen molar-refractivity contribution in [2.24, 2.45) is 0 Å². The smallest absolute Gasteiger partial charge is 0.313 e. The molecule has 8 heteroatoms. The van der Waals surface area contributed by atoms with Crippen LogP contribution in [0.15, 0.2) is 66.7 Å². The van der Waals surface area contributed by atoms with Gasteiger partial charge in [0, 0.05) is 22.3 Å². The fraction of sp³-hybridized carbons (Fsp3) is 0.0500. The highest BCUT2D eigenvalue weighted by Gasteiger charge is 2.19. The van der Waals surface area contributed by atoms with Crippen LogP contribution in [0.1, 0.15) is 10.4 Å². The summed E-state index contributed by atoms with van der Waals surface area (Å²) in [6, 6.07) is 17.6. The molecule has 0 aromatic heterocycles. The highest BCUT2D eigenvalue weighted by Crippen LogP contribution is 2.38. The number of anilines is 1. The number of benzene rings is 3. The largest absolute Gasteiger partial charge is 0.493 e. The van der Waals surface area contributed by atoms with E-state index in [2.05, 4.69) is 5.32 Å². The second kappa shape index (κ2) is 8.41. The van der Waals surface area contributed by atoms with Crippen LogP contribution < -0.4 is 14.8 Å². The standard InChI is InChI=1S/C20H15ClN2O5/c1-27-19-11-13(20(24)22-15-5-3-2-4-6-15)7-9-18(19)28-17-10-8-14(21)12-16(17)23(25)26/h2-12H,1H3,(H,22,24). The minimum atomic E-state index is -0.588. The minimum Gasteiger partial charge on any atom is -0.493 e. The van der Waals surface area contributed by atoms with Crippen molar-refractivity contribution in [2.45, 2.75) is 0 Å². The molecule has 1 N–H and O–H groups in total. The third-order valence-corrected chi connectivity index (χ3v) is 4.03. The zero-order valence-electron chi connectivity index (χ0n) is 14.7. The van der Waals surface area contributed by atoms with E-state index in [1.165, 1.54) is 43.5 Å². The van der Waals surface area contributed by atoms with E-state index in [9.17, 15) is 14.9 Å². The van der Waals surface area contributed by atoms with E-state index in [1.54, 1.807) is 12.1 Å². The molecule has 7 nitrogen and oxygen atoms in total. The Morgan fingerprint density at radius 1 is 1.00 bits per heavy atom. The van der Waals surface area contributed by atoms with Gasteiger partial charge in [-0.3, -0.25) is 14.9 Å². The van der Waals surface area contributed by atoms with Gasteiger partial charge in [0.25, 0.3) is 5.91 Å². The molecule has 0 unspecified atom stereocenters. The topological polar surface area (TPSA) is 90.7 Å². The summed E-state index contributed by atoms with van der Waals surface area (Å²) < 4.78 is 10.9. The Labute approximate surface area is 165 Å². The lowest BCUT2D eigenvalue weighted by molar-refractivity contribution is -0.385. The number of para-hydroxylation sites is 1. The van der Waals surface area contributed by atoms with Crippen LogP contribution in [0.5, 0.6) is 17.2 Å². The summed E-state index contributed by atoms with van der Waals surface area (Å²) >= 11 is 5.82. The molecule has 0 aliphatic rings. The number of hydrogen-bond donors (Lipinski definition) is 1. The maximum absolute atomic E-state index is 12.4. The number of nitrogens with one attached hydrogen (secondary N) is 1. The van der Waals surface area contributed by atoms with Crippen molar-refractivity contribution in [1.29, 1.82) is 0 Å². The Hall–Kier alpha value is -3.58. The van der Waals surface area contributed by atoms with Crippen molar-refractivity contribution < 1.29 is 19.2 Å². The predicted octanol–water partition coefficient (Wildman–Crippen LogP) is 5.30. The normalized spacial score (nSPS) is 10.2. The number of nitrogens with zero attached hydrogens (tertiary/aromatic N) is 1. The second-order valence-corrected chi connectivity index (χ2v) is 6.09. The van der Waals surface area contributed by atoms with E-state index in [0.717, 1.165) is 0 Å². The number of halogens is 1. The van der Waals surface area contributed by atoms with Crippen LogP contribution in [0, 0.1) is 10.1 Å². The molecule has 0 saturated heterocycles. The molecule has 28 heavy (non-hydrogen) atoms. The summed E-state index contributed by atoms with van der Waals surface area (Å²) in [5.74, 6) is 0.164. The molecule has 0 fully saturated rings. The predicted molar refractivity (Wildman–Crippen MR) is 106 cm³/mol. The van der Waals surface area contributed by atoms with Crippen molar-refractivity contribution in [2.75, 3.05) is 12.4 Å². The van der Waals surface area contributed by atoms with Crippen LogP contribution in [-0.2, 0) is 0 Å². The Bertz CT molecular complexity index is 1020. The molecule has 0 spiro atoms. The van der Waals surface area contributed by atoms with E-state index in [0.29, 0.717) is 11.3 Å². The monoisotopic (exact) mass is 398 g/mol. The van der Waals surface area contributed by atoms with Crippen LogP contribution in [0.3, 0.4) is 0 Å². The van der Waals surface area contributed by atoms with Crippen molar-refractivity contribution in [3.63, 3.8) is 0 Å². The van der Waals surface area contributed by atoms with Gasteiger partial charge < -0.3 is 14.8 Å². The van der Waals surface area contributed by atoms with Gasteiger partial charge >= 0.3 is 5.69 Å². The van der Waals surface area contributed by atoms with Crippen molar-refractivity contribution in [3.8, 4) is 17.2 Å². The number of methoxy groups -OCH3 is 1. The van der Waals surface area contributed by atoms with Gasteiger partial charge in [0.2, 0.25) is 5.75 Å². The lowest BCUT2D eigenvalue weighted by atomic mass is 10.1. The molecular weight excluding hydrogens is 384 g/mol. The lowest BCUT2D eigenvalue weighted by Crippen LogP contribution is -2.11. The number of carbonyl (C=O) groups excluding carboxylic acids is 1. The molecule has 0 saturated carbocycles. The Morgan fingerprint density at radius 2 is 1.71 bits per heavy atom. The summed E-state index contributed by atoms with van der Waals surface area (Å²) in [5, 5.41) is 14.2. The van der Waals surface area contributed by atoms with Crippen LogP contribution in [0.4, 0.5) is 11.4 Å². The fourth-order valence-corrected chi connectivity index (χ4v) is 2.62. The first-order valence-electron chi connectivity index (χ1n) is 8.14. The summed E-state index contributed by atoms with van der Waals surface area (Å²) in [6.45, 7) is 0. The molecule has 1 amide bonds. The van der Waals surface area contributed by atoms with E-state index < -0.39 is 4.92 Å². The van der Waals surface area contributed by atoms with Gasteiger partial charge in [-0.1, -0.05) is 29.8 Å². The van der Waals surface area contributed by atoms with Crippen molar-refractivity contribution in [1.82, 2.24) is 0 Å². The Kier molecular flexibility index (Phi) is 5.76. The van der Waals surface area contributed by atoms with Crippen LogP contribution in [-0.4, -0.2) is 17.9 Å². The number of carbonyl (C=O) groups is 1. The first kappa shape index (κ1) is 19.2. The molecule has 0 heterocycles. The Morgan fingerprint density at radius 3 is 2.39 bits per heavy atom. The summed E-state index contributed by atoms with van der Waals surface area (Å²) in [7, 11) is 1.41. The Balaban J connectivity index is 1.86. The molecule has 0 bridgehead atoms. The third-order valence-electron chi connectivity index (χ3n) is 3.80. The van der Waals surface area contributed by atoms with E-state index in [1.807, 2.05) is 18.2 Å². The molecule has 3 aromatic carbocycles. The maximum atomic E-state index is 12.4. The number of ether oxygens (including phenoxy) is 2. The molecule has 3 aromatic rings. The highest BCUT2D eigenvalue weighted by molar-refractivity contribution is 6.30. The summed E-state index contributed by atoms with van der Waals surface area (Å²) in [6.07, 6.45) is 0. The summed E-state index contributed by atoms with van der Waals surface area (Å²) in [4.78, 5) is 23.1. The van der Waals surface area contributed by atoms with Gasteiger partial charge in [-0.25, -0.2) is 0 Å². The molecule has 142 valence electrons. The van der Waals surface area contributed by atoms with Crippen molar-refractivity contribution >= 4 is 28.9 Å². The molecular formula is C20H15ClN2O5. The average molecular weight is 399 g/mol. The molecule has 3 rings (SSSR count). The lowest BCUT2D eigenvalue weighted by Gasteiger charge is -2.12. The van der Waals surface area contributed by atoms with Gasteiger partial charge in [-0.15, -0.1) is 0 Å². The zero-order valence-corrected chi connectivity index (χ0v) is 15.5. The van der Waals surface area contributed by atoms with Crippen LogP contribution >= 0.6 is 11.6 Å². The van der Waals surface area contributed by atoms with Gasteiger partial charge in [0.05, 0.1) is 12.0 Å². The fourth-order valence-electron chi connectivity index (χ4n) is 2.46. The zero-order chi connectivity index (χ0) is 20.1. The van der Waals surface area contributed by atoms with Gasteiger partial charge in [-0.2, -0.15) is 0 Å². The number of nitro groups is 1. The third kappa shape index (κ3) is 4.39. The number of amides is 1. The van der Waals surface area contributed by atoms with Gasteiger partial charge in [-0.05, 0) is 42.5 Å². The molecule has 0 radical (unpaired) electrons. The van der Waals surface area contributed by atoms with Crippen molar-refractivity contribution in [3.05, 3.63) is 87.4 Å². The minimum absolute atomic E-state index is 0.00851. The van der Waals surface area contributed by atoms with Gasteiger partial charge in [0.1, 0.15) is 0 Å². The first-order chi connectivity index (χ1) is 13.5. The van der Waals surface area contributed by atoms with E-state index in [4.69, 9.17) is 21.1 Å². The first-order valence-corrected chi connectivity index (χ1v) is 8.52. The quantitative estimate of drug-likeness (QED) is 0.449. The summed E-state index contributed by atoms with van der Waals surface area (Å²) in [5.41, 5.74) is 0.725. The SMILES string of the molecule is COc1cc(C(=O)Nc2ccccc2)ccc1Oc1ccc(Cl)cc1[N+](=O)[O-]. The molecule has 0 aliphatic heterocycles. The molecule has 0 atom stereocenters. The number of hydrogen-bond acceptors (Lipinski definition) is 5. The number of rotatable bonds is 6. The van der Waals surface area contributed by atoms with Crippen LogP contribution in [0.25, 0.3) is 0 Å². The van der Waals surface area contributed by atoms with Gasteiger partial charge in [0.15, 0.2) is 11.5 Å². The van der Waals surface area contributed by atoms with E-state index >= 15 is 0 Å². The highest BCUT2D eigenvalue weighted by atomic mass is 35.5. The molecule has 0 aliphatic carbocycles. The number of nitro benzene ring substituents is 1. The second-order valence-electron chi connectivity index (χ2n) is 5.66. The maximum Gasteiger partial charge on any atom is 0.313 e.